The Hall–Kier alpha value is -3.36. The van der Waals surface area contributed by atoms with Crippen molar-refractivity contribution in [1.29, 1.82) is 0 Å². The van der Waals surface area contributed by atoms with E-state index in [-0.39, 0.29) is 23.9 Å². The largest absolute Gasteiger partial charge is 0.497 e. The van der Waals surface area contributed by atoms with Crippen LogP contribution in [0.5, 0.6) is 11.5 Å². The predicted octanol–water partition coefficient (Wildman–Crippen LogP) is 3.31. The lowest BCUT2D eigenvalue weighted by Crippen LogP contribution is -2.45. The molecule has 0 fully saturated rings. The molecule has 0 aromatic heterocycles. The molecule has 7 nitrogen and oxygen atoms in total. The Kier molecular flexibility index (Phi) is 6.43. The van der Waals surface area contributed by atoms with E-state index in [0.29, 0.717) is 30.3 Å². The van der Waals surface area contributed by atoms with Crippen molar-refractivity contribution >= 4 is 21.6 Å². The Labute approximate surface area is 187 Å². The zero-order chi connectivity index (χ0) is 22.6. The first-order valence-electron chi connectivity index (χ1n) is 10.2. The number of nitrogens with zero attached hydrogens (tertiary/aromatic N) is 2. The summed E-state index contributed by atoms with van der Waals surface area (Å²) in [7, 11) is -2.42. The first kappa shape index (κ1) is 21.9. The highest BCUT2D eigenvalue weighted by atomic mass is 32.2. The van der Waals surface area contributed by atoms with Gasteiger partial charge in [0.25, 0.3) is 0 Å². The van der Waals surface area contributed by atoms with Gasteiger partial charge in [0.05, 0.1) is 30.8 Å². The van der Waals surface area contributed by atoms with Gasteiger partial charge in [0, 0.05) is 6.54 Å². The zero-order valence-electron chi connectivity index (χ0n) is 17.7. The summed E-state index contributed by atoms with van der Waals surface area (Å²) in [4.78, 5) is 15.0. The van der Waals surface area contributed by atoms with Crippen molar-refractivity contribution in [2.45, 2.75) is 11.4 Å². The van der Waals surface area contributed by atoms with Gasteiger partial charge in [0.15, 0.2) is 0 Å². The van der Waals surface area contributed by atoms with Crippen LogP contribution in [0.4, 0.5) is 5.69 Å². The second-order valence-electron chi connectivity index (χ2n) is 7.30. The van der Waals surface area contributed by atoms with Gasteiger partial charge < -0.3 is 14.4 Å². The maximum atomic E-state index is 13.5. The number of hydrogen-bond acceptors (Lipinski definition) is 5. The number of carbonyl (C=O) groups is 1. The summed E-state index contributed by atoms with van der Waals surface area (Å²) >= 11 is 0. The van der Waals surface area contributed by atoms with E-state index in [1.54, 1.807) is 29.2 Å². The van der Waals surface area contributed by atoms with Crippen molar-refractivity contribution in [3.8, 4) is 11.5 Å². The summed E-state index contributed by atoms with van der Waals surface area (Å²) in [5.41, 5.74) is 1.44. The van der Waals surface area contributed by atoms with Gasteiger partial charge in [0.2, 0.25) is 15.9 Å². The highest BCUT2D eigenvalue weighted by Crippen LogP contribution is 2.31. The molecule has 8 heteroatoms. The van der Waals surface area contributed by atoms with Gasteiger partial charge in [0.1, 0.15) is 18.1 Å². The predicted molar refractivity (Wildman–Crippen MR) is 121 cm³/mol. The van der Waals surface area contributed by atoms with Crippen LogP contribution >= 0.6 is 0 Å². The van der Waals surface area contributed by atoms with E-state index >= 15 is 0 Å². The third-order valence-electron chi connectivity index (χ3n) is 5.24. The summed E-state index contributed by atoms with van der Waals surface area (Å²) in [6.45, 7) is 0.495. The summed E-state index contributed by atoms with van der Waals surface area (Å²) < 4.78 is 39.0. The van der Waals surface area contributed by atoms with Crippen molar-refractivity contribution < 1.29 is 22.7 Å². The first-order chi connectivity index (χ1) is 15.5. The molecule has 4 rings (SSSR count). The Bertz CT molecular complexity index is 1180. The lowest BCUT2D eigenvalue weighted by Gasteiger charge is -2.31. The molecule has 0 bridgehead atoms. The standard InChI is InChI=1S/C24H24N2O5S/c1-30-20-11-13-21(14-12-20)32(28,29)25(17-19-7-3-2-4-8-19)18-24(27)26-15-16-31-23-10-6-5-9-22(23)26/h2-14H,15-18H2,1H3. The van der Waals surface area contributed by atoms with Crippen LogP contribution in [0.1, 0.15) is 5.56 Å². The minimum Gasteiger partial charge on any atom is -0.497 e. The minimum absolute atomic E-state index is 0.0763. The highest BCUT2D eigenvalue weighted by Gasteiger charge is 2.31. The van der Waals surface area contributed by atoms with Gasteiger partial charge in [-0.2, -0.15) is 4.31 Å². The molecule has 32 heavy (non-hydrogen) atoms. The van der Waals surface area contributed by atoms with Crippen molar-refractivity contribution in [1.82, 2.24) is 4.31 Å². The zero-order valence-corrected chi connectivity index (χ0v) is 18.5. The van der Waals surface area contributed by atoms with Crippen LogP contribution in [0, 0.1) is 0 Å². The number of benzene rings is 3. The SMILES string of the molecule is COc1ccc(S(=O)(=O)N(CC(=O)N2CCOc3ccccc32)Cc2ccccc2)cc1. The number of anilines is 1. The summed E-state index contributed by atoms with van der Waals surface area (Å²) in [6, 6.07) is 22.6. The third kappa shape index (κ3) is 4.61. The monoisotopic (exact) mass is 452 g/mol. The van der Waals surface area contributed by atoms with E-state index in [9.17, 15) is 13.2 Å². The molecule has 0 atom stereocenters. The van der Waals surface area contributed by atoms with Gasteiger partial charge in [-0.1, -0.05) is 42.5 Å². The Balaban J connectivity index is 1.64. The van der Waals surface area contributed by atoms with Gasteiger partial charge in [-0.15, -0.1) is 0 Å². The molecule has 1 amide bonds. The fraction of sp³-hybridized carbons (Fsp3) is 0.208. The third-order valence-corrected chi connectivity index (χ3v) is 7.05. The number of sulfonamides is 1. The first-order valence-corrected chi connectivity index (χ1v) is 11.6. The number of amides is 1. The molecule has 0 aliphatic carbocycles. The number of fused-ring (bicyclic) bond motifs is 1. The molecule has 3 aromatic carbocycles. The molecule has 0 saturated heterocycles. The molecule has 1 heterocycles. The van der Waals surface area contributed by atoms with Crippen LogP contribution in [0.15, 0.2) is 83.8 Å². The fourth-order valence-electron chi connectivity index (χ4n) is 3.57. The van der Waals surface area contributed by atoms with Crippen LogP contribution in [0.3, 0.4) is 0 Å². The van der Waals surface area contributed by atoms with Crippen LogP contribution in [0.2, 0.25) is 0 Å². The average molecular weight is 453 g/mol. The van der Waals surface area contributed by atoms with Crippen molar-refractivity contribution in [2.75, 3.05) is 31.7 Å². The summed E-state index contributed by atoms with van der Waals surface area (Å²) in [5, 5.41) is 0. The Morgan fingerprint density at radius 2 is 1.69 bits per heavy atom. The van der Waals surface area contributed by atoms with Crippen LogP contribution < -0.4 is 14.4 Å². The molecule has 3 aromatic rings. The topological polar surface area (TPSA) is 76.2 Å². The maximum absolute atomic E-state index is 13.5. The van der Waals surface area contributed by atoms with Crippen molar-refractivity contribution in [3.05, 3.63) is 84.4 Å². The number of rotatable bonds is 7. The van der Waals surface area contributed by atoms with Gasteiger partial charge in [-0.05, 0) is 42.0 Å². The molecule has 0 N–H and O–H groups in total. The molecule has 0 spiro atoms. The molecule has 166 valence electrons. The summed E-state index contributed by atoms with van der Waals surface area (Å²) in [6.07, 6.45) is 0. The normalized spacial score (nSPS) is 13.4. The van der Waals surface area contributed by atoms with E-state index in [1.165, 1.54) is 23.5 Å². The van der Waals surface area contributed by atoms with Crippen molar-refractivity contribution in [2.24, 2.45) is 0 Å². The van der Waals surface area contributed by atoms with E-state index in [0.717, 1.165) is 5.56 Å². The molecule has 0 unspecified atom stereocenters. The number of hydrogen-bond donors (Lipinski definition) is 0. The van der Waals surface area contributed by atoms with E-state index in [1.807, 2.05) is 42.5 Å². The molecule has 1 aliphatic rings. The van der Waals surface area contributed by atoms with Crippen LogP contribution in [0.25, 0.3) is 0 Å². The smallest absolute Gasteiger partial charge is 0.243 e. The quantitative estimate of drug-likeness (QED) is 0.550. The van der Waals surface area contributed by atoms with E-state index < -0.39 is 10.0 Å². The minimum atomic E-state index is -3.94. The Morgan fingerprint density at radius 3 is 2.41 bits per heavy atom. The van der Waals surface area contributed by atoms with Crippen LogP contribution in [-0.2, 0) is 21.4 Å². The average Bonchev–Trinajstić information content (AvgIpc) is 2.84. The lowest BCUT2D eigenvalue weighted by atomic mass is 10.2. The molecule has 0 radical (unpaired) electrons. The van der Waals surface area contributed by atoms with Gasteiger partial charge in [-0.25, -0.2) is 8.42 Å². The Morgan fingerprint density at radius 1 is 1.00 bits per heavy atom. The number of methoxy groups -OCH3 is 1. The number of para-hydroxylation sites is 2. The van der Waals surface area contributed by atoms with E-state index in [4.69, 9.17) is 9.47 Å². The van der Waals surface area contributed by atoms with Crippen molar-refractivity contribution in [3.63, 3.8) is 0 Å². The number of ether oxygens (including phenoxy) is 2. The molecular weight excluding hydrogens is 428 g/mol. The second-order valence-corrected chi connectivity index (χ2v) is 9.23. The lowest BCUT2D eigenvalue weighted by molar-refractivity contribution is -0.119. The molecular formula is C24H24N2O5S. The van der Waals surface area contributed by atoms with Crippen LogP contribution in [-0.4, -0.2) is 45.4 Å². The second kappa shape index (κ2) is 9.42. The summed E-state index contributed by atoms with van der Waals surface area (Å²) in [5.74, 6) is 0.855. The molecule has 1 aliphatic heterocycles. The fourth-order valence-corrected chi connectivity index (χ4v) is 4.95. The highest BCUT2D eigenvalue weighted by molar-refractivity contribution is 7.89. The molecule has 0 saturated carbocycles. The van der Waals surface area contributed by atoms with E-state index in [2.05, 4.69) is 0 Å². The van der Waals surface area contributed by atoms with Gasteiger partial charge >= 0.3 is 0 Å². The van der Waals surface area contributed by atoms with Gasteiger partial charge in [-0.3, -0.25) is 4.79 Å². The number of carbonyl (C=O) groups excluding carboxylic acids is 1. The maximum Gasteiger partial charge on any atom is 0.243 e.